The lowest BCUT2D eigenvalue weighted by atomic mass is 10.3. The third kappa shape index (κ3) is 3.16. The number of fused-ring (bicyclic) bond motifs is 1. The van der Waals surface area contributed by atoms with E-state index >= 15 is 0 Å². The highest BCUT2D eigenvalue weighted by Crippen LogP contribution is 2.19. The summed E-state index contributed by atoms with van der Waals surface area (Å²) in [6.07, 6.45) is 1.43. The Morgan fingerprint density at radius 2 is 2.18 bits per heavy atom. The van der Waals surface area contributed by atoms with E-state index in [0.29, 0.717) is 18.5 Å². The molecule has 3 rings (SSSR count). The lowest BCUT2D eigenvalue weighted by molar-refractivity contribution is 0.315. The Hall–Kier alpha value is -1.84. The maximum Gasteiger partial charge on any atom is 0.242 e. The summed E-state index contributed by atoms with van der Waals surface area (Å²) in [5, 5.41) is 10.3. The van der Waals surface area contributed by atoms with Gasteiger partial charge in [0.15, 0.2) is 5.52 Å². The molecule has 0 spiro atoms. The molecule has 1 N–H and O–H groups in total. The maximum absolute atomic E-state index is 12.3. The van der Waals surface area contributed by atoms with Crippen molar-refractivity contribution < 1.29 is 13.0 Å². The van der Waals surface area contributed by atoms with Crippen molar-refractivity contribution in [3.63, 3.8) is 0 Å². The average molecular weight is 338 g/mol. The van der Waals surface area contributed by atoms with Crippen LogP contribution in [0.3, 0.4) is 0 Å². The Bertz CT molecular complexity index is 885. The van der Waals surface area contributed by atoms with E-state index in [4.69, 9.17) is 0 Å². The Labute approximate surface area is 131 Å². The minimum absolute atomic E-state index is 0.0799. The van der Waals surface area contributed by atoms with E-state index in [1.165, 1.54) is 6.07 Å². The lowest BCUT2D eigenvalue weighted by Gasteiger charge is -2.06. The molecule has 9 heteroatoms. The van der Waals surface area contributed by atoms with Crippen LogP contribution in [0.15, 0.2) is 33.1 Å². The van der Waals surface area contributed by atoms with Gasteiger partial charge >= 0.3 is 0 Å². The van der Waals surface area contributed by atoms with Gasteiger partial charge in [0, 0.05) is 24.0 Å². The third-order valence-electron chi connectivity index (χ3n) is 3.06. The van der Waals surface area contributed by atoms with E-state index < -0.39 is 10.0 Å². The van der Waals surface area contributed by atoms with Gasteiger partial charge in [0.1, 0.15) is 10.4 Å². The molecule has 0 aliphatic carbocycles. The van der Waals surface area contributed by atoms with Gasteiger partial charge in [-0.25, -0.2) is 22.8 Å². The van der Waals surface area contributed by atoms with E-state index in [2.05, 4.69) is 24.6 Å². The highest BCUT2D eigenvalue weighted by Gasteiger charge is 2.19. The summed E-state index contributed by atoms with van der Waals surface area (Å²) >= 11 is 1.59. The van der Waals surface area contributed by atoms with Crippen LogP contribution in [0.2, 0.25) is 0 Å². The van der Waals surface area contributed by atoms with Crippen molar-refractivity contribution in [2.45, 2.75) is 24.7 Å². The van der Waals surface area contributed by atoms with Crippen molar-refractivity contribution in [3.8, 4) is 0 Å². The summed E-state index contributed by atoms with van der Waals surface area (Å²) in [6.45, 7) is 2.28. The number of nitrogens with zero attached hydrogens (tertiary/aromatic N) is 3. The first-order chi connectivity index (χ1) is 10.6. The minimum atomic E-state index is -3.64. The predicted molar refractivity (Wildman–Crippen MR) is 82.2 cm³/mol. The summed E-state index contributed by atoms with van der Waals surface area (Å²) in [6, 6.07) is 4.74. The number of thiazole rings is 1. The van der Waals surface area contributed by atoms with Gasteiger partial charge in [-0.1, -0.05) is 6.07 Å². The number of benzene rings is 1. The van der Waals surface area contributed by atoms with Gasteiger partial charge < -0.3 is 0 Å². The van der Waals surface area contributed by atoms with E-state index in [1.54, 1.807) is 23.5 Å². The van der Waals surface area contributed by atoms with Crippen molar-refractivity contribution in [2.24, 2.45) is 0 Å². The van der Waals surface area contributed by atoms with Crippen LogP contribution < -0.4 is 4.72 Å². The number of hydrogen-bond acceptors (Lipinski definition) is 7. The smallest absolute Gasteiger partial charge is 0.242 e. The average Bonchev–Trinajstić information content (AvgIpc) is 3.11. The van der Waals surface area contributed by atoms with Gasteiger partial charge in [0.25, 0.3) is 0 Å². The second kappa shape index (κ2) is 6.11. The molecule has 2 aromatic heterocycles. The first kappa shape index (κ1) is 15.1. The first-order valence-corrected chi connectivity index (χ1v) is 9.04. The summed E-state index contributed by atoms with van der Waals surface area (Å²) in [7, 11) is -3.64. The van der Waals surface area contributed by atoms with Gasteiger partial charge in [0.2, 0.25) is 10.0 Å². The normalized spacial score (nSPS) is 12.0. The van der Waals surface area contributed by atoms with Crippen LogP contribution in [-0.4, -0.2) is 30.3 Å². The van der Waals surface area contributed by atoms with Crippen molar-refractivity contribution in [3.05, 3.63) is 34.3 Å². The molecule has 0 saturated heterocycles. The van der Waals surface area contributed by atoms with Gasteiger partial charge in [-0.05, 0) is 35.8 Å². The van der Waals surface area contributed by atoms with Crippen LogP contribution in [-0.2, 0) is 16.4 Å². The Kier molecular flexibility index (Phi) is 4.19. The molecule has 0 amide bonds. The molecular formula is C13H14N4O3S2. The van der Waals surface area contributed by atoms with Gasteiger partial charge in [0.05, 0.1) is 5.01 Å². The Morgan fingerprint density at radius 1 is 1.32 bits per heavy atom. The molecule has 0 fully saturated rings. The van der Waals surface area contributed by atoms with Crippen LogP contribution in [0.5, 0.6) is 0 Å². The van der Waals surface area contributed by atoms with Crippen LogP contribution in [0.4, 0.5) is 0 Å². The van der Waals surface area contributed by atoms with Gasteiger partial charge in [-0.3, -0.25) is 0 Å². The number of rotatable bonds is 6. The highest BCUT2D eigenvalue weighted by molar-refractivity contribution is 7.89. The predicted octanol–water partition coefficient (Wildman–Crippen LogP) is 1.90. The minimum Gasteiger partial charge on any atom is -0.247 e. The fraction of sp³-hybridized carbons (Fsp3) is 0.308. The van der Waals surface area contributed by atoms with Crippen LogP contribution >= 0.6 is 11.3 Å². The molecule has 0 bridgehead atoms. The molecule has 0 atom stereocenters. The number of aryl methyl sites for hydroxylation is 2. The Balaban J connectivity index is 1.65. The van der Waals surface area contributed by atoms with Crippen molar-refractivity contribution in [1.82, 2.24) is 20.0 Å². The van der Waals surface area contributed by atoms with Gasteiger partial charge in [-0.2, -0.15) is 0 Å². The largest absolute Gasteiger partial charge is 0.247 e. The molecule has 0 saturated carbocycles. The molecule has 3 aromatic rings. The lowest BCUT2D eigenvalue weighted by Crippen LogP contribution is -2.25. The van der Waals surface area contributed by atoms with Crippen LogP contribution in [0.1, 0.15) is 17.1 Å². The number of hydrogen-bond donors (Lipinski definition) is 1. The zero-order chi connectivity index (χ0) is 15.6. The Morgan fingerprint density at radius 3 is 2.95 bits per heavy atom. The van der Waals surface area contributed by atoms with E-state index in [0.717, 1.165) is 17.1 Å². The van der Waals surface area contributed by atoms with Crippen molar-refractivity contribution in [1.29, 1.82) is 0 Å². The monoisotopic (exact) mass is 338 g/mol. The fourth-order valence-electron chi connectivity index (χ4n) is 2.04. The second-order valence-corrected chi connectivity index (χ2v) is 7.45. The molecule has 0 radical (unpaired) electrons. The van der Waals surface area contributed by atoms with E-state index in [-0.39, 0.29) is 10.4 Å². The SMILES string of the molecule is Cc1csc(CCCNS(=O)(=O)c2cccc3nonc23)n1. The molecule has 1 aromatic carbocycles. The summed E-state index contributed by atoms with van der Waals surface area (Å²) in [5.41, 5.74) is 1.65. The van der Waals surface area contributed by atoms with Crippen LogP contribution in [0.25, 0.3) is 11.0 Å². The van der Waals surface area contributed by atoms with Crippen molar-refractivity contribution in [2.75, 3.05) is 6.54 Å². The quantitative estimate of drug-likeness (QED) is 0.689. The van der Waals surface area contributed by atoms with Crippen LogP contribution in [0, 0.1) is 6.92 Å². The topological polar surface area (TPSA) is 98.0 Å². The summed E-state index contributed by atoms with van der Waals surface area (Å²) in [4.78, 5) is 4.43. The standard InChI is InChI=1S/C13H14N4O3S2/c1-9-8-21-12(15-9)6-3-7-14-22(18,19)11-5-2-4-10-13(11)17-20-16-10/h2,4-5,8,14H,3,6-7H2,1H3. The molecule has 0 unspecified atom stereocenters. The fourth-order valence-corrected chi connectivity index (χ4v) is 4.08. The number of nitrogens with one attached hydrogen (secondary N) is 1. The molecule has 22 heavy (non-hydrogen) atoms. The van der Waals surface area contributed by atoms with Crippen molar-refractivity contribution >= 4 is 32.4 Å². The molecule has 0 aliphatic heterocycles. The molecule has 116 valence electrons. The summed E-state index contributed by atoms with van der Waals surface area (Å²) < 4.78 is 31.8. The third-order valence-corrected chi connectivity index (χ3v) is 5.58. The zero-order valence-electron chi connectivity index (χ0n) is 11.8. The first-order valence-electron chi connectivity index (χ1n) is 6.68. The maximum atomic E-state index is 12.3. The molecule has 0 aliphatic rings. The zero-order valence-corrected chi connectivity index (χ0v) is 13.4. The van der Waals surface area contributed by atoms with E-state index in [1.807, 2.05) is 12.3 Å². The molecular weight excluding hydrogens is 324 g/mol. The van der Waals surface area contributed by atoms with Gasteiger partial charge in [-0.15, -0.1) is 11.3 Å². The summed E-state index contributed by atoms with van der Waals surface area (Å²) in [5.74, 6) is 0. The highest BCUT2D eigenvalue weighted by atomic mass is 32.2. The number of aromatic nitrogens is 3. The number of sulfonamides is 1. The second-order valence-electron chi connectivity index (χ2n) is 4.77. The molecule has 7 nitrogen and oxygen atoms in total. The van der Waals surface area contributed by atoms with E-state index in [9.17, 15) is 8.42 Å². The molecule has 2 heterocycles.